The van der Waals surface area contributed by atoms with Crippen LogP contribution in [0.1, 0.15) is 43.7 Å². The van der Waals surface area contributed by atoms with Gasteiger partial charge in [-0.3, -0.25) is 4.79 Å². The van der Waals surface area contributed by atoms with Crippen LogP contribution < -0.4 is 5.73 Å². The fourth-order valence-corrected chi connectivity index (χ4v) is 2.84. The molecule has 1 aromatic rings. The number of likely N-dealkylation sites (tertiary alicyclic amines) is 1. The minimum atomic E-state index is -0.00304. The third kappa shape index (κ3) is 3.03. The van der Waals surface area contributed by atoms with Crippen molar-refractivity contribution in [2.45, 2.75) is 53.0 Å². The van der Waals surface area contributed by atoms with Crippen LogP contribution in [0.25, 0.3) is 0 Å². The van der Waals surface area contributed by atoms with Crippen molar-refractivity contribution in [1.82, 2.24) is 10.1 Å². The summed E-state index contributed by atoms with van der Waals surface area (Å²) in [4.78, 5) is 14.3. The molecule has 1 aliphatic heterocycles. The molecule has 5 heteroatoms. The first-order valence-corrected chi connectivity index (χ1v) is 7.26. The molecule has 1 amide bonds. The third-order valence-corrected chi connectivity index (χ3v) is 4.43. The van der Waals surface area contributed by atoms with Gasteiger partial charge in [0.2, 0.25) is 5.91 Å². The summed E-state index contributed by atoms with van der Waals surface area (Å²) >= 11 is 0. The Hall–Kier alpha value is -1.36. The van der Waals surface area contributed by atoms with E-state index in [0.29, 0.717) is 12.8 Å². The summed E-state index contributed by atoms with van der Waals surface area (Å²) in [5, 5.41) is 3.92. The molecule has 5 nitrogen and oxygen atoms in total. The second-order valence-electron chi connectivity index (χ2n) is 6.50. The van der Waals surface area contributed by atoms with Crippen molar-refractivity contribution in [2.75, 3.05) is 13.1 Å². The number of aromatic nitrogens is 1. The van der Waals surface area contributed by atoms with E-state index in [2.05, 4.69) is 19.0 Å². The van der Waals surface area contributed by atoms with Crippen LogP contribution in [0.2, 0.25) is 0 Å². The Morgan fingerprint density at radius 1 is 1.50 bits per heavy atom. The number of hydrogen-bond acceptors (Lipinski definition) is 4. The molecule has 2 rings (SSSR count). The van der Waals surface area contributed by atoms with Crippen LogP contribution in [0.3, 0.4) is 0 Å². The van der Waals surface area contributed by atoms with Gasteiger partial charge in [0.1, 0.15) is 5.76 Å². The average molecular weight is 279 g/mol. The summed E-state index contributed by atoms with van der Waals surface area (Å²) in [5.41, 5.74) is 8.05. The maximum Gasteiger partial charge on any atom is 0.222 e. The molecular weight excluding hydrogens is 254 g/mol. The molecular formula is C15H25N3O2. The Kier molecular flexibility index (Phi) is 4.18. The Balaban J connectivity index is 1.93. The number of piperidine rings is 1. The zero-order chi connectivity index (χ0) is 14.9. The predicted molar refractivity (Wildman–Crippen MR) is 77.3 cm³/mol. The van der Waals surface area contributed by atoms with E-state index in [0.717, 1.165) is 36.5 Å². The Bertz CT molecular complexity index is 474. The number of carbonyl (C=O) groups excluding carboxylic acids is 1. The highest BCUT2D eigenvalue weighted by Gasteiger charge is 2.35. The van der Waals surface area contributed by atoms with Crippen molar-refractivity contribution in [3.63, 3.8) is 0 Å². The van der Waals surface area contributed by atoms with Crippen molar-refractivity contribution in [3.05, 3.63) is 17.0 Å². The van der Waals surface area contributed by atoms with Gasteiger partial charge in [0.05, 0.1) is 5.69 Å². The molecule has 1 unspecified atom stereocenters. The summed E-state index contributed by atoms with van der Waals surface area (Å²) < 4.78 is 5.13. The highest BCUT2D eigenvalue weighted by atomic mass is 16.5. The third-order valence-electron chi connectivity index (χ3n) is 4.43. The highest BCUT2D eigenvalue weighted by Crippen LogP contribution is 2.28. The van der Waals surface area contributed by atoms with Crippen LogP contribution in [0.4, 0.5) is 0 Å². The van der Waals surface area contributed by atoms with E-state index in [1.54, 1.807) is 0 Å². The summed E-state index contributed by atoms with van der Waals surface area (Å²) in [6.07, 6.45) is 2.08. The minimum Gasteiger partial charge on any atom is -0.361 e. The first kappa shape index (κ1) is 15.0. The number of amides is 1. The maximum absolute atomic E-state index is 12.3. The lowest BCUT2D eigenvalue weighted by atomic mass is 9.79. The van der Waals surface area contributed by atoms with Crippen molar-refractivity contribution in [1.29, 1.82) is 0 Å². The van der Waals surface area contributed by atoms with E-state index in [-0.39, 0.29) is 17.4 Å². The standard InChI is InChI=1S/C15H25N3O2/c1-10-12(11(2)20-17-10)5-6-14(19)18-8-7-13(16)15(3,4)9-18/h13H,5-9,16H2,1-4H3. The van der Waals surface area contributed by atoms with Crippen molar-refractivity contribution < 1.29 is 9.32 Å². The van der Waals surface area contributed by atoms with Gasteiger partial charge in [-0.05, 0) is 32.1 Å². The normalized spacial score (nSPS) is 22.1. The SMILES string of the molecule is Cc1noc(C)c1CCC(=O)N1CCC(N)C(C)(C)C1. The zero-order valence-corrected chi connectivity index (χ0v) is 12.9. The van der Waals surface area contributed by atoms with E-state index in [9.17, 15) is 4.79 Å². The Morgan fingerprint density at radius 2 is 2.20 bits per heavy atom. The summed E-state index contributed by atoms with van der Waals surface area (Å²) in [6, 6.07) is 0.175. The largest absolute Gasteiger partial charge is 0.361 e. The number of nitrogens with two attached hydrogens (primary N) is 1. The highest BCUT2D eigenvalue weighted by molar-refractivity contribution is 5.76. The molecule has 0 spiro atoms. The molecule has 0 radical (unpaired) electrons. The summed E-state index contributed by atoms with van der Waals surface area (Å²) in [6.45, 7) is 9.58. The Morgan fingerprint density at radius 3 is 2.75 bits per heavy atom. The molecule has 0 bridgehead atoms. The smallest absolute Gasteiger partial charge is 0.222 e. The van der Waals surface area contributed by atoms with Crippen molar-refractivity contribution >= 4 is 5.91 Å². The number of rotatable bonds is 3. The van der Waals surface area contributed by atoms with Crippen molar-refractivity contribution in [2.24, 2.45) is 11.1 Å². The van der Waals surface area contributed by atoms with Gasteiger partial charge in [-0.1, -0.05) is 19.0 Å². The van der Waals surface area contributed by atoms with E-state index >= 15 is 0 Å². The Labute approximate surface area is 120 Å². The lowest BCUT2D eigenvalue weighted by molar-refractivity contribution is -0.134. The fourth-order valence-electron chi connectivity index (χ4n) is 2.84. The van der Waals surface area contributed by atoms with Gasteiger partial charge < -0.3 is 15.2 Å². The summed E-state index contributed by atoms with van der Waals surface area (Å²) in [7, 11) is 0. The average Bonchev–Trinajstić information content (AvgIpc) is 2.69. The van der Waals surface area contributed by atoms with Crippen LogP contribution in [0.5, 0.6) is 0 Å². The molecule has 1 saturated heterocycles. The van der Waals surface area contributed by atoms with Gasteiger partial charge in [-0.25, -0.2) is 0 Å². The van der Waals surface area contributed by atoms with E-state index in [4.69, 9.17) is 10.3 Å². The van der Waals surface area contributed by atoms with Gasteiger partial charge in [0, 0.05) is 31.1 Å². The number of hydrogen-bond donors (Lipinski definition) is 1. The minimum absolute atomic E-state index is 0.00304. The molecule has 1 aliphatic rings. The fraction of sp³-hybridized carbons (Fsp3) is 0.733. The summed E-state index contributed by atoms with van der Waals surface area (Å²) in [5.74, 6) is 1.02. The first-order chi connectivity index (χ1) is 9.31. The van der Waals surface area contributed by atoms with Crippen LogP contribution in [-0.2, 0) is 11.2 Å². The van der Waals surface area contributed by atoms with Crippen molar-refractivity contribution in [3.8, 4) is 0 Å². The van der Waals surface area contributed by atoms with Gasteiger partial charge >= 0.3 is 0 Å². The van der Waals surface area contributed by atoms with Crippen LogP contribution in [0, 0.1) is 19.3 Å². The molecule has 1 aromatic heterocycles. The lowest BCUT2D eigenvalue weighted by Crippen LogP contribution is -2.54. The second-order valence-corrected chi connectivity index (χ2v) is 6.50. The maximum atomic E-state index is 12.3. The molecule has 112 valence electrons. The zero-order valence-electron chi connectivity index (χ0n) is 12.9. The van der Waals surface area contributed by atoms with Gasteiger partial charge in [-0.2, -0.15) is 0 Å². The van der Waals surface area contributed by atoms with E-state index in [1.807, 2.05) is 18.7 Å². The van der Waals surface area contributed by atoms with Gasteiger partial charge in [0.25, 0.3) is 0 Å². The first-order valence-electron chi connectivity index (χ1n) is 7.26. The van der Waals surface area contributed by atoms with Gasteiger partial charge in [-0.15, -0.1) is 0 Å². The number of nitrogens with zero attached hydrogens (tertiary/aromatic N) is 2. The number of carbonyl (C=O) groups is 1. The van der Waals surface area contributed by atoms with Crippen LogP contribution in [-0.4, -0.2) is 35.1 Å². The van der Waals surface area contributed by atoms with E-state index < -0.39 is 0 Å². The van der Waals surface area contributed by atoms with Crippen LogP contribution >= 0.6 is 0 Å². The molecule has 2 N–H and O–H groups in total. The molecule has 1 atom stereocenters. The topological polar surface area (TPSA) is 72.4 Å². The second kappa shape index (κ2) is 5.56. The molecule has 0 aromatic carbocycles. The molecule has 20 heavy (non-hydrogen) atoms. The monoisotopic (exact) mass is 279 g/mol. The van der Waals surface area contributed by atoms with Crippen LogP contribution in [0.15, 0.2) is 4.52 Å². The molecule has 0 saturated carbocycles. The van der Waals surface area contributed by atoms with E-state index in [1.165, 1.54) is 0 Å². The molecule has 2 heterocycles. The predicted octanol–water partition coefficient (Wildman–Crippen LogP) is 1.81. The quantitative estimate of drug-likeness (QED) is 0.916. The number of aryl methyl sites for hydroxylation is 2. The lowest BCUT2D eigenvalue weighted by Gasteiger charge is -2.42. The molecule has 1 fully saturated rings. The van der Waals surface area contributed by atoms with Gasteiger partial charge in [0.15, 0.2) is 0 Å². The molecule has 0 aliphatic carbocycles.